The van der Waals surface area contributed by atoms with Gasteiger partial charge in [-0.05, 0) is 34.1 Å². The number of halogens is 1. The van der Waals surface area contributed by atoms with Crippen molar-refractivity contribution in [2.75, 3.05) is 21.3 Å². The van der Waals surface area contributed by atoms with Crippen molar-refractivity contribution in [1.82, 2.24) is 0 Å². The monoisotopic (exact) mass is 351 g/mol. The van der Waals surface area contributed by atoms with Crippen molar-refractivity contribution in [2.45, 2.75) is 6.04 Å². The van der Waals surface area contributed by atoms with Gasteiger partial charge in [-0.3, -0.25) is 0 Å². The summed E-state index contributed by atoms with van der Waals surface area (Å²) < 4.78 is 16.9. The fourth-order valence-corrected chi connectivity index (χ4v) is 2.94. The zero-order chi connectivity index (χ0) is 15.4. The topological polar surface area (TPSA) is 53.7 Å². The van der Waals surface area contributed by atoms with E-state index in [1.54, 1.807) is 21.3 Å². The van der Waals surface area contributed by atoms with Gasteiger partial charge in [-0.1, -0.05) is 18.2 Å². The Morgan fingerprint density at radius 2 is 1.52 bits per heavy atom. The number of ether oxygens (including phenoxy) is 3. The minimum absolute atomic E-state index is 0.363. The van der Waals surface area contributed by atoms with Crippen LogP contribution in [0.25, 0.3) is 0 Å². The summed E-state index contributed by atoms with van der Waals surface area (Å²) in [6, 6.07) is 11.1. The van der Waals surface area contributed by atoms with Gasteiger partial charge in [0.25, 0.3) is 0 Å². The molecule has 0 aliphatic rings. The summed E-state index contributed by atoms with van der Waals surface area (Å²) in [5.41, 5.74) is 8.16. The van der Waals surface area contributed by atoms with Gasteiger partial charge in [0.1, 0.15) is 21.7 Å². The van der Waals surface area contributed by atoms with E-state index in [4.69, 9.17) is 19.9 Å². The van der Waals surface area contributed by atoms with E-state index in [1.807, 2.05) is 36.4 Å². The van der Waals surface area contributed by atoms with Crippen LogP contribution in [0.4, 0.5) is 0 Å². The van der Waals surface area contributed by atoms with Gasteiger partial charge in [0.15, 0.2) is 0 Å². The largest absolute Gasteiger partial charge is 0.496 e. The maximum atomic E-state index is 6.41. The summed E-state index contributed by atoms with van der Waals surface area (Å²) in [5.74, 6) is 2.11. The molecule has 21 heavy (non-hydrogen) atoms. The summed E-state index contributed by atoms with van der Waals surface area (Å²) in [6.07, 6.45) is 0. The fraction of sp³-hybridized carbons (Fsp3) is 0.250. The molecule has 0 bridgehead atoms. The Bertz CT molecular complexity index is 631. The van der Waals surface area contributed by atoms with Gasteiger partial charge in [-0.2, -0.15) is 0 Å². The molecule has 1 atom stereocenters. The number of hydrogen-bond donors (Lipinski definition) is 1. The SMILES string of the molecule is COc1ccccc1C(N)c1ccc(OC)c(Br)c1OC. The zero-order valence-corrected chi connectivity index (χ0v) is 13.8. The molecular weight excluding hydrogens is 334 g/mol. The fourth-order valence-electron chi connectivity index (χ4n) is 2.25. The predicted molar refractivity (Wildman–Crippen MR) is 86.3 cm³/mol. The molecule has 0 radical (unpaired) electrons. The Labute approximate surface area is 132 Å². The maximum absolute atomic E-state index is 6.41. The first-order valence-electron chi connectivity index (χ1n) is 6.42. The minimum Gasteiger partial charge on any atom is -0.496 e. The molecule has 112 valence electrons. The van der Waals surface area contributed by atoms with Gasteiger partial charge in [-0.25, -0.2) is 0 Å². The minimum atomic E-state index is -0.363. The number of rotatable bonds is 5. The summed E-state index contributed by atoms with van der Waals surface area (Å²) in [4.78, 5) is 0. The van der Waals surface area contributed by atoms with Crippen LogP contribution in [0.5, 0.6) is 17.2 Å². The van der Waals surface area contributed by atoms with Gasteiger partial charge in [0.2, 0.25) is 0 Å². The Balaban J connectivity index is 2.53. The summed E-state index contributed by atoms with van der Waals surface area (Å²) in [7, 11) is 4.85. The normalized spacial score (nSPS) is 11.9. The van der Waals surface area contributed by atoms with Crippen molar-refractivity contribution in [2.24, 2.45) is 5.73 Å². The second kappa shape index (κ2) is 6.83. The van der Waals surface area contributed by atoms with Gasteiger partial charge in [-0.15, -0.1) is 0 Å². The highest BCUT2D eigenvalue weighted by atomic mass is 79.9. The summed E-state index contributed by atoms with van der Waals surface area (Å²) >= 11 is 3.49. The Morgan fingerprint density at radius 3 is 2.14 bits per heavy atom. The summed E-state index contributed by atoms with van der Waals surface area (Å²) in [5, 5.41) is 0. The number of benzene rings is 2. The van der Waals surface area contributed by atoms with E-state index in [2.05, 4.69) is 15.9 Å². The number of para-hydroxylation sites is 1. The first-order chi connectivity index (χ1) is 10.1. The molecule has 0 heterocycles. The van der Waals surface area contributed by atoms with Gasteiger partial charge in [0, 0.05) is 11.1 Å². The lowest BCUT2D eigenvalue weighted by Crippen LogP contribution is -2.14. The molecule has 2 rings (SSSR count). The highest BCUT2D eigenvalue weighted by Crippen LogP contribution is 2.41. The molecule has 0 amide bonds. The van der Waals surface area contributed by atoms with Crippen molar-refractivity contribution in [3.8, 4) is 17.2 Å². The van der Waals surface area contributed by atoms with E-state index in [-0.39, 0.29) is 6.04 Å². The molecule has 1 unspecified atom stereocenters. The quantitative estimate of drug-likeness (QED) is 0.895. The highest BCUT2D eigenvalue weighted by molar-refractivity contribution is 9.10. The van der Waals surface area contributed by atoms with Gasteiger partial charge >= 0.3 is 0 Å². The van der Waals surface area contributed by atoms with Gasteiger partial charge in [0.05, 0.1) is 27.4 Å². The molecule has 2 N–H and O–H groups in total. The average Bonchev–Trinajstić information content (AvgIpc) is 2.53. The second-order valence-corrected chi connectivity index (χ2v) is 5.22. The second-order valence-electron chi connectivity index (χ2n) is 4.42. The van der Waals surface area contributed by atoms with Crippen molar-refractivity contribution in [1.29, 1.82) is 0 Å². The van der Waals surface area contributed by atoms with Crippen LogP contribution in [-0.4, -0.2) is 21.3 Å². The van der Waals surface area contributed by atoms with E-state index in [1.165, 1.54) is 0 Å². The zero-order valence-electron chi connectivity index (χ0n) is 12.2. The predicted octanol–water partition coefficient (Wildman–Crippen LogP) is 3.52. The van der Waals surface area contributed by atoms with Crippen molar-refractivity contribution < 1.29 is 14.2 Å². The Hall–Kier alpha value is -1.72. The lowest BCUT2D eigenvalue weighted by atomic mass is 9.97. The highest BCUT2D eigenvalue weighted by Gasteiger charge is 2.21. The molecule has 0 aliphatic carbocycles. The molecule has 0 saturated carbocycles. The molecule has 4 nitrogen and oxygen atoms in total. The molecular formula is C16H18BrNO3. The molecule has 0 saturated heterocycles. The molecule has 0 spiro atoms. The first-order valence-corrected chi connectivity index (χ1v) is 7.22. The van der Waals surface area contributed by atoms with Gasteiger partial charge < -0.3 is 19.9 Å². The van der Waals surface area contributed by atoms with Crippen LogP contribution in [0.2, 0.25) is 0 Å². The molecule has 0 aromatic heterocycles. The lowest BCUT2D eigenvalue weighted by Gasteiger charge is -2.20. The van der Waals surface area contributed by atoms with E-state index in [0.29, 0.717) is 11.5 Å². The lowest BCUT2D eigenvalue weighted by molar-refractivity contribution is 0.383. The van der Waals surface area contributed by atoms with E-state index in [9.17, 15) is 0 Å². The Kier molecular flexibility index (Phi) is 5.09. The molecule has 0 aliphatic heterocycles. The molecule has 2 aromatic rings. The van der Waals surface area contributed by atoms with Crippen LogP contribution in [0.15, 0.2) is 40.9 Å². The van der Waals surface area contributed by atoms with E-state index in [0.717, 1.165) is 21.3 Å². The Morgan fingerprint density at radius 1 is 0.857 bits per heavy atom. The van der Waals surface area contributed by atoms with Crippen LogP contribution < -0.4 is 19.9 Å². The molecule has 0 fully saturated rings. The third-order valence-corrected chi connectivity index (χ3v) is 4.08. The number of nitrogens with two attached hydrogens (primary N) is 1. The van der Waals surface area contributed by atoms with Crippen molar-refractivity contribution in [3.05, 3.63) is 52.0 Å². The van der Waals surface area contributed by atoms with Crippen LogP contribution in [0.3, 0.4) is 0 Å². The standard InChI is InChI=1S/C16H18BrNO3/c1-19-12-7-5-4-6-10(12)15(18)11-8-9-13(20-2)14(17)16(11)21-3/h4-9,15H,18H2,1-3H3. The van der Waals surface area contributed by atoms with Crippen molar-refractivity contribution >= 4 is 15.9 Å². The smallest absolute Gasteiger partial charge is 0.141 e. The number of methoxy groups -OCH3 is 3. The molecule has 2 aromatic carbocycles. The average molecular weight is 352 g/mol. The van der Waals surface area contributed by atoms with Crippen LogP contribution in [0, 0.1) is 0 Å². The summed E-state index contributed by atoms with van der Waals surface area (Å²) in [6.45, 7) is 0. The molecule has 5 heteroatoms. The number of hydrogen-bond acceptors (Lipinski definition) is 4. The van der Waals surface area contributed by atoms with Crippen LogP contribution in [0.1, 0.15) is 17.2 Å². The third-order valence-electron chi connectivity index (χ3n) is 3.33. The first kappa shape index (κ1) is 15.7. The van der Waals surface area contributed by atoms with Crippen LogP contribution in [-0.2, 0) is 0 Å². The van der Waals surface area contributed by atoms with Crippen molar-refractivity contribution in [3.63, 3.8) is 0 Å². The van der Waals surface area contributed by atoms with Crippen LogP contribution >= 0.6 is 15.9 Å². The third kappa shape index (κ3) is 2.99. The van der Waals surface area contributed by atoms with E-state index < -0.39 is 0 Å². The maximum Gasteiger partial charge on any atom is 0.141 e. The van der Waals surface area contributed by atoms with E-state index >= 15 is 0 Å².